The Hall–Kier alpha value is -3.06. The molecule has 0 saturated heterocycles. The summed E-state index contributed by atoms with van der Waals surface area (Å²) in [5.74, 6) is 0.547. The van der Waals surface area contributed by atoms with Gasteiger partial charge in [-0.15, -0.1) is 40.5 Å². The summed E-state index contributed by atoms with van der Waals surface area (Å²) in [5.41, 5.74) is 2.83. The zero-order valence-corrected chi connectivity index (χ0v) is 35.4. The Labute approximate surface area is 325 Å². The smallest absolute Gasteiger partial charge is 0.394 e. The molecular formula is C44H53F3IrNO2S-. The van der Waals surface area contributed by atoms with Crippen LogP contribution in [0, 0.1) is 30.2 Å². The monoisotopic (exact) mass is 909 g/mol. The molecule has 2 aromatic heterocycles. The number of hydrogen-bond acceptors (Lipinski definition) is 4. The molecule has 0 bridgehead atoms. The first-order valence-corrected chi connectivity index (χ1v) is 19.0. The maximum absolute atomic E-state index is 13.6. The maximum atomic E-state index is 13.6. The Kier molecular flexibility index (Phi) is 14.5. The number of aromatic nitrogens is 1. The Balaban J connectivity index is 0.000000389. The fourth-order valence-corrected chi connectivity index (χ4v) is 7.98. The number of hydrogen-bond donors (Lipinski definition) is 1. The van der Waals surface area contributed by atoms with Gasteiger partial charge in [-0.05, 0) is 67.0 Å². The van der Waals surface area contributed by atoms with Crippen molar-refractivity contribution in [3.63, 3.8) is 0 Å². The molecule has 0 atom stereocenters. The molecule has 1 radical (unpaired) electrons. The summed E-state index contributed by atoms with van der Waals surface area (Å²) in [6, 6.07) is 19.9. The molecule has 0 aliphatic heterocycles. The molecule has 8 heteroatoms. The van der Waals surface area contributed by atoms with Gasteiger partial charge in [0, 0.05) is 64.7 Å². The van der Waals surface area contributed by atoms with Crippen LogP contribution < -0.4 is 0 Å². The van der Waals surface area contributed by atoms with Crippen molar-refractivity contribution in [2.45, 2.75) is 113 Å². The Morgan fingerprint density at radius 1 is 0.865 bits per heavy atom. The van der Waals surface area contributed by atoms with Gasteiger partial charge in [-0.1, -0.05) is 104 Å². The van der Waals surface area contributed by atoms with Gasteiger partial charge < -0.3 is 5.11 Å². The van der Waals surface area contributed by atoms with E-state index in [0.717, 1.165) is 73.6 Å². The Morgan fingerprint density at radius 3 is 2.04 bits per heavy atom. The number of nitrogens with zero attached hydrogens (tertiary/aromatic N) is 1. The van der Waals surface area contributed by atoms with Crippen LogP contribution >= 0.6 is 11.3 Å². The third-order valence-electron chi connectivity index (χ3n) is 10.2. The van der Waals surface area contributed by atoms with Crippen molar-refractivity contribution in [2.75, 3.05) is 0 Å². The average molecular weight is 909 g/mol. The molecule has 0 aliphatic rings. The van der Waals surface area contributed by atoms with E-state index < -0.39 is 11.6 Å². The number of aliphatic hydroxyl groups is 1. The summed E-state index contributed by atoms with van der Waals surface area (Å²) >= 11 is 1.61. The molecule has 0 fully saturated rings. The number of halogens is 3. The molecule has 0 spiro atoms. The number of thiophene rings is 1. The van der Waals surface area contributed by atoms with Gasteiger partial charge in [0.2, 0.25) is 0 Å². The standard InChI is InChI=1S/C31H29F3NS.C13H24O2.Ir/c1-18-20(17-30(5,6)31(32,33)34)11-12-23-24-13-14-35-26(28(24)36-27(18)23)21-15-19-9-7-8-10-22(19)25(16-21)29(2,3)4;1-5-10(6-2)12(14)9-13(15)11(7-3)8-4;/h7-14,16H,17H2,1-6H3;9-11,14H,5-8H2,1-4H3;/q-1;;/b;12-9-;. The summed E-state index contributed by atoms with van der Waals surface area (Å²) in [6.07, 6.45) is 2.41. The van der Waals surface area contributed by atoms with Gasteiger partial charge in [0.25, 0.3) is 0 Å². The van der Waals surface area contributed by atoms with Crippen molar-refractivity contribution in [3.8, 4) is 11.3 Å². The first-order chi connectivity index (χ1) is 23.9. The van der Waals surface area contributed by atoms with Gasteiger partial charge in [-0.2, -0.15) is 13.2 Å². The third-order valence-corrected chi connectivity index (χ3v) is 11.6. The van der Waals surface area contributed by atoms with E-state index in [2.05, 4.69) is 51.1 Å². The SMILES string of the molecule is CCC(CC)C(=O)/C=C(\O)C(CC)CC.Cc1c(CC(C)(C)C(F)(F)F)ccc2c1sc1c(-c3[c-]c4ccccc4c(C(C)(C)C)c3)nccc12.[Ir]. The topological polar surface area (TPSA) is 50.2 Å². The van der Waals surface area contributed by atoms with Crippen molar-refractivity contribution in [1.29, 1.82) is 0 Å². The molecule has 0 unspecified atom stereocenters. The van der Waals surface area contributed by atoms with Crippen LogP contribution in [-0.2, 0) is 36.7 Å². The number of aliphatic hydroxyl groups excluding tert-OH is 1. The van der Waals surface area contributed by atoms with E-state index in [-0.39, 0.29) is 55.3 Å². The van der Waals surface area contributed by atoms with E-state index in [1.165, 1.54) is 30.9 Å². The van der Waals surface area contributed by atoms with E-state index in [1.807, 2.05) is 65.1 Å². The molecule has 283 valence electrons. The molecule has 0 aliphatic carbocycles. The van der Waals surface area contributed by atoms with E-state index in [9.17, 15) is 23.1 Å². The van der Waals surface area contributed by atoms with Gasteiger partial charge in [0.05, 0.1) is 11.2 Å². The van der Waals surface area contributed by atoms with Crippen LogP contribution in [0.5, 0.6) is 0 Å². The van der Waals surface area contributed by atoms with Crippen LogP contribution in [0.3, 0.4) is 0 Å². The fourth-order valence-electron chi connectivity index (χ4n) is 6.66. The largest absolute Gasteiger partial charge is 0.512 e. The van der Waals surface area contributed by atoms with Crippen LogP contribution in [0.15, 0.2) is 66.6 Å². The van der Waals surface area contributed by atoms with E-state index >= 15 is 0 Å². The molecule has 1 N–H and O–H groups in total. The Morgan fingerprint density at radius 2 is 1.46 bits per heavy atom. The first kappa shape index (κ1) is 43.3. The zero-order valence-electron chi connectivity index (χ0n) is 32.1. The molecule has 0 amide bonds. The predicted molar refractivity (Wildman–Crippen MR) is 210 cm³/mol. The van der Waals surface area contributed by atoms with Crippen LogP contribution in [0.4, 0.5) is 13.2 Å². The minimum Gasteiger partial charge on any atom is -0.512 e. The molecular weight excluding hydrogens is 856 g/mol. The van der Waals surface area contributed by atoms with Gasteiger partial charge >= 0.3 is 6.18 Å². The summed E-state index contributed by atoms with van der Waals surface area (Å²) < 4.78 is 42.8. The predicted octanol–water partition coefficient (Wildman–Crippen LogP) is 13.7. The van der Waals surface area contributed by atoms with E-state index in [4.69, 9.17) is 4.98 Å². The molecule has 5 rings (SSSR count). The number of fused-ring (bicyclic) bond motifs is 4. The summed E-state index contributed by atoms with van der Waals surface area (Å²) in [5, 5.41) is 14.1. The maximum Gasteiger partial charge on any atom is 0.394 e. The quantitative estimate of drug-likeness (QED) is 0.0863. The minimum absolute atomic E-state index is 0. The number of pyridine rings is 1. The van der Waals surface area contributed by atoms with Crippen molar-refractivity contribution < 1.29 is 43.2 Å². The number of aryl methyl sites for hydroxylation is 1. The minimum atomic E-state index is -4.26. The third kappa shape index (κ3) is 9.35. The van der Waals surface area contributed by atoms with Crippen LogP contribution in [-0.4, -0.2) is 22.1 Å². The van der Waals surface area contributed by atoms with Crippen molar-refractivity contribution in [2.24, 2.45) is 17.3 Å². The van der Waals surface area contributed by atoms with Crippen molar-refractivity contribution >= 4 is 48.1 Å². The second-order valence-electron chi connectivity index (χ2n) is 15.3. The number of carbonyl (C=O) groups excluding carboxylic acids is 1. The number of ketones is 1. The number of rotatable bonds is 10. The molecule has 52 heavy (non-hydrogen) atoms. The molecule has 2 heterocycles. The van der Waals surface area contributed by atoms with Gasteiger partial charge in [-0.25, -0.2) is 0 Å². The molecule has 3 aromatic carbocycles. The summed E-state index contributed by atoms with van der Waals surface area (Å²) in [4.78, 5) is 16.5. The molecule has 5 aromatic rings. The zero-order chi connectivity index (χ0) is 37.9. The van der Waals surface area contributed by atoms with Gasteiger partial charge in [0.15, 0.2) is 5.78 Å². The van der Waals surface area contributed by atoms with Gasteiger partial charge in [-0.3, -0.25) is 9.78 Å². The van der Waals surface area contributed by atoms with Crippen molar-refractivity contribution in [1.82, 2.24) is 4.98 Å². The summed E-state index contributed by atoms with van der Waals surface area (Å²) in [7, 11) is 0. The second-order valence-corrected chi connectivity index (χ2v) is 16.3. The number of alkyl halides is 3. The van der Waals surface area contributed by atoms with Crippen LogP contribution in [0.25, 0.3) is 42.2 Å². The van der Waals surface area contributed by atoms with E-state index in [1.54, 1.807) is 11.3 Å². The van der Waals surface area contributed by atoms with Crippen LogP contribution in [0.1, 0.15) is 105 Å². The molecule has 0 saturated carbocycles. The normalized spacial score (nSPS) is 12.8. The first-order valence-electron chi connectivity index (χ1n) is 18.1. The van der Waals surface area contributed by atoms with Crippen molar-refractivity contribution in [3.05, 3.63) is 89.3 Å². The Bertz CT molecular complexity index is 2030. The van der Waals surface area contributed by atoms with Crippen LogP contribution in [0.2, 0.25) is 0 Å². The number of benzene rings is 3. The molecule has 3 nitrogen and oxygen atoms in total. The number of carbonyl (C=O) groups is 1. The van der Waals surface area contributed by atoms with E-state index in [0.29, 0.717) is 0 Å². The van der Waals surface area contributed by atoms with Gasteiger partial charge in [0.1, 0.15) is 0 Å². The second kappa shape index (κ2) is 17.4. The number of allylic oxidation sites excluding steroid dienone is 2. The summed E-state index contributed by atoms with van der Waals surface area (Å²) in [6.45, 7) is 19.2. The average Bonchev–Trinajstić information content (AvgIpc) is 3.45. The fraction of sp³-hybridized carbons (Fsp3) is 0.455.